The lowest BCUT2D eigenvalue weighted by atomic mass is 9.97. The van der Waals surface area contributed by atoms with Gasteiger partial charge in [0.1, 0.15) is 0 Å². The van der Waals surface area contributed by atoms with Crippen molar-refractivity contribution in [3.8, 4) is 0 Å². The molecule has 4 aromatic rings. The summed E-state index contributed by atoms with van der Waals surface area (Å²) in [7, 11) is 0. The Morgan fingerprint density at radius 1 is 0.786 bits per heavy atom. The number of hydroxylamine groups is 1. The summed E-state index contributed by atoms with van der Waals surface area (Å²) in [5.41, 5.74) is 1.65. The number of hydrogen-bond donors (Lipinski definition) is 1. The zero-order chi connectivity index (χ0) is 19.1. The number of aliphatic hydroxyl groups excluding tert-OH is 1. The first-order valence-electron chi connectivity index (χ1n) is 8.98. The Morgan fingerprint density at radius 3 is 2.00 bits per heavy atom. The third kappa shape index (κ3) is 2.55. The molecule has 5 rings (SSSR count). The summed E-state index contributed by atoms with van der Waals surface area (Å²) in [5.74, 6) is -0.794. The first-order valence-corrected chi connectivity index (χ1v) is 8.98. The predicted molar refractivity (Wildman–Crippen MR) is 109 cm³/mol. The average molecular weight is 366 g/mol. The van der Waals surface area contributed by atoms with Crippen LogP contribution in [0.1, 0.15) is 11.1 Å². The van der Waals surface area contributed by atoms with Crippen LogP contribution in [0.25, 0.3) is 27.1 Å². The maximum atomic E-state index is 12.4. The van der Waals surface area contributed by atoms with Gasteiger partial charge in [-0.2, -0.15) is 4.84 Å². The largest absolute Gasteiger partial charge is 0.456 e. The van der Waals surface area contributed by atoms with E-state index in [2.05, 4.69) is 6.07 Å². The van der Waals surface area contributed by atoms with Crippen molar-refractivity contribution >= 4 is 39.3 Å². The molecule has 0 atom stereocenters. The van der Waals surface area contributed by atoms with Gasteiger partial charge in [-0.15, -0.1) is 0 Å². The first kappa shape index (κ1) is 16.3. The lowest BCUT2D eigenvalue weighted by molar-refractivity contribution is -0.728. The minimum absolute atomic E-state index is 0.154. The van der Waals surface area contributed by atoms with E-state index in [1.165, 1.54) is 0 Å². The molecule has 0 spiro atoms. The molecule has 134 valence electrons. The summed E-state index contributed by atoms with van der Waals surface area (Å²) in [4.78, 5) is 17.8. The van der Waals surface area contributed by atoms with Crippen LogP contribution in [0.5, 0.6) is 0 Å². The smallest absolute Gasteiger partial charge is 0.431 e. The highest BCUT2D eigenvalue weighted by Crippen LogP contribution is 2.29. The van der Waals surface area contributed by atoms with Crippen LogP contribution in [0, 0.1) is 0 Å². The molecule has 1 N–H and O–H groups in total. The highest BCUT2D eigenvalue weighted by atomic mass is 16.7. The van der Waals surface area contributed by atoms with E-state index in [0.717, 1.165) is 31.8 Å². The summed E-state index contributed by atoms with van der Waals surface area (Å²) < 4.78 is 1.15. The first-order chi connectivity index (χ1) is 13.7. The van der Waals surface area contributed by atoms with Gasteiger partial charge in [0.25, 0.3) is 0 Å². The van der Waals surface area contributed by atoms with Crippen molar-refractivity contribution in [1.82, 2.24) is 0 Å². The monoisotopic (exact) mass is 366 g/mol. The number of carbonyl (C=O) groups is 1. The van der Waals surface area contributed by atoms with E-state index in [4.69, 9.17) is 4.84 Å². The number of benzene rings is 4. The molecule has 4 aromatic carbocycles. The highest BCUT2D eigenvalue weighted by Gasteiger charge is 2.40. The average Bonchev–Trinajstić information content (AvgIpc) is 3.01. The second-order valence-corrected chi connectivity index (χ2v) is 6.63. The van der Waals surface area contributed by atoms with Crippen LogP contribution in [-0.4, -0.2) is 22.0 Å². The summed E-state index contributed by atoms with van der Waals surface area (Å²) in [6, 6.07) is 27.2. The van der Waals surface area contributed by atoms with Crippen molar-refractivity contribution in [2.24, 2.45) is 0 Å². The van der Waals surface area contributed by atoms with Gasteiger partial charge in [0.2, 0.25) is 6.21 Å². The van der Waals surface area contributed by atoms with Crippen molar-refractivity contribution in [1.29, 1.82) is 0 Å². The summed E-state index contributed by atoms with van der Waals surface area (Å²) >= 11 is 0. The van der Waals surface area contributed by atoms with Crippen LogP contribution < -0.4 is 0 Å². The molecular weight excluding hydrogens is 350 g/mol. The number of nitrogens with zero attached hydrogens (tertiary/aromatic N) is 1. The van der Waals surface area contributed by atoms with Crippen LogP contribution in [0.3, 0.4) is 0 Å². The fourth-order valence-electron chi connectivity index (χ4n) is 3.62. The molecule has 0 saturated heterocycles. The third-order valence-corrected chi connectivity index (χ3v) is 4.94. The second kappa shape index (κ2) is 6.35. The molecule has 1 heterocycles. The third-order valence-electron chi connectivity index (χ3n) is 4.94. The number of fused-ring (bicyclic) bond motifs is 2. The number of aliphatic hydroxyl groups is 1. The van der Waals surface area contributed by atoms with Gasteiger partial charge in [0, 0.05) is 0 Å². The zero-order valence-electron chi connectivity index (χ0n) is 14.9. The predicted octanol–water partition coefficient (Wildman–Crippen LogP) is 4.82. The van der Waals surface area contributed by atoms with Crippen LogP contribution in [-0.2, 0) is 9.63 Å². The summed E-state index contributed by atoms with van der Waals surface area (Å²) in [6.45, 7) is 0. The Kier molecular flexibility index (Phi) is 3.69. The Balaban J connectivity index is 1.76. The van der Waals surface area contributed by atoms with Gasteiger partial charge >= 0.3 is 11.9 Å². The normalized spacial score (nSPS) is 15.6. The number of hydrogen-bond acceptors (Lipinski definition) is 3. The SMILES string of the molecule is O=C1O/[N+](=C\c2c3ccccc3cc3ccccc23)C(O)=C1c1ccccc1. The molecule has 0 saturated carbocycles. The van der Waals surface area contributed by atoms with E-state index in [9.17, 15) is 9.90 Å². The second-order valence-electron chi connectivity index (χ2n) is 6.63. The molecule has 0 amide bonds. The van der Waals surface area contributed by atoms with Crippen molar-refractivity contribution in [3.63, 3.8) is 0 Å². The van der Waals surface area contributed by atoms with E-state index >= 15 is 0 Å². The van der Waals surface area contributed by atoms with Gasteiger partial charge in [-0.1, -0.05) is 78.9 Å². The van der Waals surface area contributed by atoms with Gasteiger partial charge in [0.05, 0.1) is 10.3 Å². The molecule has 0 radical (unpaired) electrons. The minimum atomic E-state index is -0.579. The van der Waals surface area contributed by atoms with Crippen LogP contribution in [0.15, 0.2) is 90.8 Å². The van der Waals surface area contributed by atoms with Crippen molar-refractivity contribution in [2.45, 2.75) is 0 Å². The molecule has 28 heavy (non-hydrogen) atoms. The maximum Gasteiger partial charge on any atom is 0.431 e. The minimum Gasteiger partial charge on any atom is -0.456 e. The number of rotatable bonds is 2. The van der Waals surface area contributed by atoms with Crippen LogP contribution >= 0.6 is 0 Å². The van der Waals surface area contributed by atoms with Crippen molar-refractivity contribution < 1.29 is 19.5 Å². The Morgan fingerprint density at radius 2 is 1.36 bits per heavy atom. The molecule has 0 aromatic heterocycles. The van der Waals surface area contributed by atoms with Crippen LogP contribution in [0.2, 0.25) is 0 Å². The molecule has 4 heteroatoms. The van der Waals surface area contributed by atoms with E-state index < -0.39 is 5.97 Å². The molecule has 1 aliphatic heterocycles. The molecule has 1 aliphatic rings. The molecule has 0 unspecified atom stereocenters. The topological polar surface area (TPSA) is 49.5 Å². The van der Waals surface area contributed by atoms with Gasteiger partial charge in [-0.05, 0) is 33.2 Å². The lowest BCUT2D eigenvalue weighted by Gasteiger charge is -2.06. The lowest BCUT2D eigenvalue weighted by Crippen LogP contribution is -2.10. The fraction of sp³-hybridized carbons (Fsp3) is 0. The Bertz CT molecular complexity index is 1250. The van der Waals surface area contributed by atoms with Crippen molar-refractivity contribution in [2.75, 3.05) is 0 Å². The summed E-state index contributed by atoms with van der Waals surface area (Å²) in [6.07, 6.45) is 1.67. The van der Waals surface area contributed by atoms with Gasteiger partial charge < -0.3 is 5.11 Å². The fourth-order valence-corrected chi connectivity index (χ4v) is 3.62. The van der Waals surface area contributed by atoms with Gasteiger partial charge in [-0.25, -0.2) is 4.79 Å². The highest BCUT2D eigenvalue weighted by molar-refractivity contribution is 6.18. The number of carbonyl (C=O) groups excluding carboxylic acids is 1. The molecule has 0 bridgehead atoms. The van der Waals surface area contributed by atoms with E-state index in [1.54, 1.807) is 18.3 Å². The van der Waals surface area contributed by atoms with E-state index in [0.29, 0.717) is 5.56 Å². The zero-order valence-corrected chi connectivity index (χ0v) is 14.9. The maximum absolute atomic E-state index is 12.4. The quantitative estimate of drug-likeness (QED) is 0.314. The van der Waals surface area contributed by atoms with Crippen molar-refractivity contribution in [3.05, 3.63) is 102 Å². The van der Waals surface area contributed by atoms with E-state index in [1.807, 2.05) is 66.7 Å². The van der Waals surface area contributed by atoms with E-state index in [-0.39, 0.29) is 11.5 Å². The molecule has 4 nitrogen and oxygen atoms in total. The Labute approximate surface area is 161 Å². The molecular formula is C24H16NO3+. The molecule has 0 aliphatic carbocycles. The standard InChI is InChI=1S/C24H15NO3/c26-23-22(16-8-2-1-3-9-16)24(27)28-25(23)15-21-19-12-6-4-10-17(19)14-18-11-5-7-13-20(18)21/h1-15H/p+1/b25-15-. The van der Waals surface area contributed by atoms with Gasteiger partial charge in [-0.3, -0.25) is 0 Å². The van der Waals surface area contributed by atoms with Gasteiger partial charge in [0.15, 0.2) is 5.57 Å². The van der Waals surface area contributed by atoms with Crippen LogP contribution in [0.4, 0.5) is 0 Å². The summed E-state index contributed by atoms with van der Waals surface area (Å²) in [5, 5.41) is 14.9. The molecule has 0 fully saturated rings. The Hall–Kier alpha value is -3.92.